The molecule has 4 rings (SSSR count). The molecule has 7 N–H and O–H groups in total. The molecular weight excluding hydrogens is 534 g/mol. The van der Waals surface area contributed by atoms with Crippen molar-refractivity contribution in [2.75, 3.05) is 26.2 Å². The van der Waals surface area contributed by atoms with E-state index in [-0.39, 0.29) is 37.0 Å². The van der Waals surface area contributed by atoms with E-state index in [1.165, 1.54) is 5.01 Å². The van der Waals surface area contributed by atoms with Crippen LogP contribution in [0, 0.1) is 5.92 Å². The molecule has 0 radical (unpaired) electrons. The number of benzene rings is 2. The van der Waals surface area contributed by atoms with Gasteiger partial charge >= 0.3 is 0 Å². The van der Waals surface area contributed by atoms with Crippen LogP contribution in [0.15, 0.2) is 65.7 Å². The van der Waals surface area contributed by atoms with E-state index in [1.807, 2.05) is 65.7 Å². The van der Waals surface area contributed by atoms with Gasteiger partial charge in [0.1, 0.15) is 11.6 Å². The number of nitrogens with zero attached hydrogens (tertiary/aromatic N) is 3. The average molecular weight is 576 g/mol. The van der Waals surface area contributed by atoms with Crippen molar-refractivity contribution in [3.8, 4) is 0 Å². The van der Waals surface area contributed by atoms with E-state index in [2.05, 4.69) is 10.3 Å². The number of nitrogens with one attached hydrogen (secondary N) is 1. The van der Waals surface area contributed by atoms with Gasteiger partial charge in [0.15, 0.2) is 11.7 Å². The summed E-state index contributed by atoms with van der Waals surface area (Å²) in [5.41, 5.74) is 18.4. The van der Waals surface area contributed by atoms with Crippen molar-refractivity contribution in [1.82, 2.24) is 15.3 Å². The van der Waals surface area contributed by atoms with Crippen LogP contribution in [-0.4, -0.2) is 77.1 Å². The van der Waals surface area contributed by atoms with Crippen molar-refractivity contribution in [2.24, 2.45) is 28.1 Å². The summed E-state index contributed by atoms with van der Waals surface area (Å²) in [7, 11) is 0. The van der Waals surface area contributed by atoms with Crippen LogP contribution in [0.5, 0.6) is 0 Å². The topological polar surface area (TPSA) is 177 Å². The van der Waals surface area contributed by atoms with Gasteiger partial charge in [-0.2, -0.15) is 0 Å². The number of nitrogens with two attached hydrogens (primary N) is 3. The summed E-state index contributed by atoms with van der Waals surface area (Å²) in [6.07, 6.45) is 2.39. The van der Waals surface area contributed by atoms with E-state index >= 15 is 0 Å². The van der Waals surface area contributed by atoms with Crippen LogP contribution < -0.4 is 22.5 Å². The van der Waals surface area contributed by atoms with Crippen molar-refractivity contribution in [1.29, 1.82) is 0 Å². The number of hydrogen-bond donors (Lipinski definition) is 4. The predicted octanol–water partition coefficient (Wildman–Crippen LogP) is 0.705. The van der Waals surface area contributed by atoms with Crippen LogP contribution in [0.2, 0.25) is 0 Å². The molecule has 2 saturated heterocycles. The fourth-order valence-electron chi connectivity index (χ4n) is 5.76. The number of carbonyl (C=O) groups excluding carboxylic acids is 4. The summed E-state index contributed by atoms with van der Waals surface area (Å²) in [5.74, 6) is -2.85. The van der Waals surface area contributed by atoms with Gasteiger partial charge in [-0.1, -0.05) is 60.7 Å². The first-order valence-corrected chi connectivity index (χ1v) is 14.5. The maximum atomic E-state index is 13.7. The van der Waals surface area contributed by atoms with Crippen molar-refractivity contribution in [3.63, 3.8) is 0 Å². The minimum atomic E-state index is -1.13. The van der Waals surface area contributed by atoms with E-state index in [4.69, 9.17) is 17.2 Å². The largest absolute Gasteiger partial charge is 0.370 e. The summed E-state index contributed by atoms with van der Waals surface area (Å²) in [4.78, 5) is 57.4. The first-order valence-electron chi connectivity index (χ1n) is 14.5. The zero-order valence-electron chi connectivity index (χ0n) is 23.9. The van der Waals surface area contributed by atoms with E-state index in [0.29, 0.717) is 51.7 Å². The molecule has 0 bridgehead atoms. The third kappa shape index (κ3) is 7.80. The van der Waals surface area contributed by atoms with Gasteiger partial charge < -0.3 is 22.5 Å². The molecule has 2 aromatic rings. The van der Waals surface area contributed by atoms with Gasteiger partial charge in [-0.05, 0) is 49.7 Å². The van der Waals surface area contributed by atoms with E-state index in [9.17, 15) is 19.2 Å². The first kappa shape index (κ1) is 30.9. The minimum Gasteiger partial charge on any atom is -0.370 e. The molecule has 2 aliphatic rings. The molecule has 2 aromatic carbocycles. The van der Waals surface area contributed by atoms with Gasteiger partial charge in [-0.15, -0.1) is 0 Å². The number of Topliss-reactive ketones (excluding diaryl/α,β-unsaturated/α-hetero) is 2. The molecule has 42 heavy (non-hydrogen) atoms. The van der Waals surface area contributed by atoms with Crippen molar-refractivity contribution in [3.05, 3.63) is 71.8 Å². The molecule has 0 aliphatic carbocycles. The standard InChI is InChI=1S/C31H41N7O4/c32-30(33)36-16-7-12-24(27(40)28(41)35-17-13-22-8-3-1-4-9-22)20-26(39)25-14-18-37-19-15-31(34,29(42)38(25)37)21-23-10-5-2-6-11-23/h1-6,8-11,24-25H,7,12-21,34H2,(H,35,41)(H4,32,33,36)/t24?,25-,31+/m0/s1. The lowest BCUT2D eigenvalue weighted by molar-refractivity contribution is -0.165. The first-order chi connectivity index (χ1) is 20.2. The number of rotatable bonds is 14. The maximum absolute atomic E-state index is 13.7. The van der Waals surface area contributed by atoms with E-state index in [0.717, 1.165) is 11.1 Å². The second-order valence-electron chi connectivity index (χ2n) is 11.1. The summed E-state index contributed by atoms with van der Waals surface area (Å²) < 4.78 is 0. The van der Waals surface area contributed by atoms with Crippen molar-refractivity contribution < 1.29 is 19.2 Å². The van der Waals surface area contributed by atoms with Crippen LogP contribution in [0.3, 0.4) is 0 Å². The molecule has 1 unspecified atom stereocenters. The van der Waals surface area contributed by atoms with Crippen LogP contribution in [0.4, 0.5) is 0 Å². The van der Waals surface area contributed by atoms with E-state index < -0.39 is 29.2 Å². The normalized spacial score (nSPS) is 20.9. The third-order valence-electron chi connectivity index (χ3n) is 8.03. The Labute approximate surface area is 246 Å². The number of guanidine groups is 1. The molecule has 11 nitrogen and oxygen atoms in total. The summed E-state index contributed by atoms with van der Waals surface area (Å²) >= 11 is 0. The molecule has 2 fully saturated rings. The van der Waals surface area contributed by atoms with Gasteiger partial charge in [-0.3, -0.25) is 29.2 Å². The van der Waals surface area contributed by atoms with Gasteiger partial charge in [0.05, 0.1) is 0 Å². The van der Waals surface area contributed by atoms with Crippen LogP contribution in [0.25, 0.3) is 0 Å². The monoisotopic (exact) mass is 575 g/mol. The molecule has 0 aromatic heterocycles. The third-order valence-corrected chi connectivity index (χ3v) is 8.03. The molecule has 224 valence electrons. The number of amides is 2. The van der Waals surface area contributed by atoms with Crippen LogP contribution in [-0.2, 0) is 32.0 Å². The summed E-state index contributed by atoms with van der Waals surface area (Å²) in [6.45, 7) is 1.67. The lowest BCUT2D eigenvalue weighted by atomic mass is 9.85. The summed E-state index contributed by atoms with van der Waals surface area (Å²) in [6, 6.07) is 18.5. The number of aliphatic imine (C=N–C) groups is 1. The quantitative estimate of drug-likeness (QED) is 0.110. The molecule has 2 heterocycles. The Morgan fingerprint density at radius 3 is 2.33 bits per heavy atom. The minimum absolute atomic E-state index is 0.0666. The molecule has 0 saturated carbocycles. The Balaban J connectivity index is 1.42. The smallest absolute Gasteiger partial charge is 0.287 e. The highest BCUT2D eigenvalue weighted by Crippen LogP contribution is 2.32. The lowest BCUT2D eigenvalue weighted by Crippen LogP contribution is -2.66. The Kier molecular flexibility index (Phi) is 10.4. The number of hydrazine groups is 1. The van der Waals surface area contributed by atoms with Gasteiger partial charge in [0.25, 0.3) is 11.8 Å². The highest BCUT2D eigenvalue weighted by Gasteiger charge is 2.51. The van der Waals surface area contributed by atoms with Crippen LogP contribution >= 0.6 is 0 Å². The maximum Gasteiger partial charge on any atom is 0.287 e. The number of fused-ring (bicyclic) bond motifs is 1. The SMILES string of the molecule is NC(N)=NCCCC(CC(=O)[C@@H]1CCN2CC[C@@](N)(Cc3ccccc3)C(=O)N12)C(=O)C(=O)NCCc1ccccc1. The Hall–Kier alpha value is -4.09. The van der Waals surface area contributed by atoms with E-state index in [1.54, 1.807) is 0 Å². The number of hydrogen-bond acceptors (Lipinski definition) is 7. The average Bonchev–Trinajstić information content (AvgIpc) is 3.42. The highest BCUT2D eigenvalue weighted by atomic mass is 16.2. The molecule has 0 spiro atoms. The lowest BCUT2D eigenvalue weighted by Gasteiger charge is -2.44. The Morgan fingerprint density at radius 2 is 1.67 bits per heavy atom. The zero-order chi connectivity index (χ0) is 30.1. The number of carbonyl (C=O) groups is 4. The fraction of sp³-hybridized carbons (Fsp3) is 0.452. The summed E-state index contributed by atoms with van der Waals surface area (Å²) in [5, 5.41) is 6.08. The van der Waals surface area contributed by atoms with Crippen molar-refractivity contribution in [2.45, 2.75) is 56.5 Å². The Bertz CT molecular complexity index is 1280. The fourth-order valence-corrected chi connectivity index (χ4v) is 5.76. The number of ketones is 2. The molecular formula is C31H41N7O4. The van der Waals surface area contributed by atoms with Gasteiger partial charge in [-0.25, -0.2) is 5.01 Å². The van der Waals surface area contributed by atoms with Gasteiger partial charge in [0.2, 0.25) is 5.78 Å². The molecule has 2 aliphatic heterocycles. The second-order valence-corrected chi connectivity index (χ2v) is 11.1. The predicted molar refractivity (Wildman–Crippen MR) is 160 cm³/mol. The van der Waals surface area contributed by atoms with Crippen LogP contribution in [0.1, 0.15) is 43.2 Å². The zero-order valence-corrected chi connectivity index (χ0v) is 23.9. The van der Waals surface area contributed by atoms with Crippen molar-refractivity contribution >= 4 is 29.3 Å². The second kappa shape index (κ2) is 14.2. The highest BCUT2D eigenvalue weighted by molar-refractivity contribution is 6.37. The molecule has 11 heteroatoms. The molecule has 3 atom stereocenters. The van der Waals surface area contributed by atoms with Gasteiger partial charge in [0, 0.05) is 38.5 Å². The molecule has 2 amide bonds. The Morgan fingerprint density at radius 1 is 1.00 bits per heavy atom.